The first-order valence-corrected chi connectivity index (χ1v) is 7.46. The SMILES string of the molecule is COc1ccc(Br)c(CN(CC2CC2)C(C)C)c1. The van der Waals surface area contributed by atoms with Gasteiger partial charge in [0.1, 0.15) is 5.75 Å². The van der Waals surface area contributed by atoms with Crippen molar-refractivity contribution in [3.63, 3.8) is 0 Å². The Morgan fingerprint density at radius 3 is 2.67 bits per heavy atom. The van der Waals surface area contributed by atoms with E-state index in [2.05, 4.69) is 46.8 Å². The Bertz CT molecular complexity index is 401. The van der Waals surface area contributed by atoms with Gasteiger partial charge in [-0.2, -0.15) is 0 Å². The van der Waals surface area contributed by atoms with Gasteiger partial charge in [-0.05, 0) is 56.4 Å². The highest BCUT2D eigenvalue weighted by Crippen LogP contribution is 2.32. The van der Waals surface area contributed by atoms with E-state index in [0.29, 0.717) is 6.04 Å². The van der Waals surface area contributed by atoms with Crippen LogP contribution < -0.4 is 4.74 Å². The lowest BCUT2D eigenvalue weighted by atomic mass is 10.1. The minimum atomic E-state index is 0.587. The highest BCUT2D eigenvalue weighted by Gasteiger charge is 2.25. The Labute approximate surface area is 118 Å². The Morgan fingerprint density at radius 2 is 2.11 bits per heavy atom. The van der Waals surface area contributed by atoms with Crippen LogP contribution in [0, 0.1) is 5.92 Å². The minimum absolute atomic E-state index is 0.587. The number of halogens is 1. The molecule has 1 fully saturated rings. The molecule has 1 aromatic rings. The van der Waals surface area contributed by atoms with Crippen LogP contribution in [0.25, 0.3) is 0 Å². The van der Waals surface area contributed by atoms with Crippen LogP contribution >= 0.6 is 15.9 Å². The highest BCUT2D eigenvalue weighted by atomic mass is 79.9. The Hall–Kier alpha value is -0.540. The topological polar surface area (TPSA) is 12.5 Å². The lowest BCUT2D eigenvalue weighted by Crippen LogP contribution is -2.32. The van der Waals surface area contributed by atoms with Gasteiger partial charge in [-0.3, -0.25) is 4.90 Å². The fourth-order valence-corrected chi connectivity index (χ4v) is 2.48. The largest absolute Gasteiger partial charge is 0.497 e. The number of hydrogen-bond donors (Lipinski definition) is 0. The zero-order chi connectivity index (χ0) is 13.1. The molecular formula is C15H22BrNO. The Kier molecular flexibility index (Phi) is 4.68. The average Bonchev–Trinajstić information content (AvgIpc) is 3.14. The fraction of sp³-hybridized carbons (Fsp3) is 0.600. The minimum Gasteiger partial charge on any atom is -0.497 e. The van der Waals surface area contributed by atoms with E-state index in [9.17, 15) is 0 Å². The lowest BCUT2D eigenvalue weighted by molar-refractivity contribution is 0.203. The van der Waals surface area contributed by atoms with Crippen LogP contribution in [0.2, 0.25) is 0 Å². The van der Waals surface area contributed by atoms with Crippen LogP contribution in [0.3, 0.4) is 0 Å². The fourth-order valence-electron chi connectivity index (χ4n) is 2.11. The van der Waals surface area contributed by atoms with Gasteiger partial charge in [0, 0.05) is 23.6 Å². The molecule has 0 aliphatic heterocycles. The van der Waals surface area contributed by atoms with Crippen molar-refractivity contribution in [2.24, 2.45) is 5.92 Å². The first kappa shape index (κ1) is 13.9. The van der Waals surface area contributed by atoms with Crippen molar-refractivity contribution in [2.45, 2.75) is 39.3 Å². The summed E-state index contributed by atoms with van der Waals surface area (Å²) in [6.45, 7) is 6.76. The Morgan fingerprint density at radius 1 is 1.39 bits per heavy atom. The van der Waals surface area contributed by atoms with Crippen molar-refractivity contribution < 1.29 is 4.74 Å². The average molecular weight is 312 g/mol. The molecular weight excluding hydrogens is 290 g/mol. The van der Waals surface area contributed by atoms with Crippen LogP contribution in [-0.4, -0.2) is 24.6 Å². The van der Waals surface area contributed by atoms with Crippen molar-refractivity contribution in [1.82, 2.24) is 4.90 Å². The number of hydrogen-bond acceptors (Lipinski definition) is 2. The molecule has 0 amide bonds. The van der Waals surface area contributed by atoms with Crippen LogP contribution in [0.4, 0.5) is 0 Å². The summed E-state index contributed by atoms with van der Waals surface area (Å²) in [4.78, 5) is 2.55. The van der Waals surface area contributed by atoms with E-state index in [0.717, 1.165) is 18.2 Å². The molecule has 0 unspecified atom stereocenters. The molecule has 0 radical (unpaired) electrons. The summed E-state index contributed by atoms with van der Waals surface area (Å²) in [6, 6.07) is 6.79. The van der Waals surface area contributed by atoms with Gasteiger partial charge in [0.15, 0.2) is 0 Å². The highest BCUT2D eigenvalue weighted by molar-refractivity contribution is 9.10. The lowest BCUT2D eigenvalue weighted by Gasteiger charge is -2.27. The molecule has 0 saturated heterocycles. The van der Waals surface area contributed by atoms with Gasteiger partial charge in [-0.1, -0.05) is 15.9 Å². The van der Waals surface area contributed by atoms with E-state index in [4.69, 9.17) is 4.74 Å². The maximum absolute atomic E-state index is 5.31. The van der Waals surface area contributed by atoms with Crippen LogP contribution in [0.1, 0.15) is 32.3 Å². The van der Waals surface area contributed by atoms with Gasteiger partial charge in [-0.25, -0.2) is 0 Å². The number of nitrogens with zero attached hydrogens (tertiary/aromatic N) is 1. The van der Waals surface area contributed by atoms with Gasteiger partial charge in [-0.15, -0.1) is 0 Å². The van der Waals surface area contributed by atoms with Gasteiger partial charge < -0.3 is 4.74 Å². The second kappa shape index (κ2) is 6.07. The number of methoxy groups -OCH3 is 1. The summed E-state index contributed by atoms with van der Waals surface area (Å²) in [5.74, 6) is 1.86. The summed E-state index contributed by atoms with van der Waals surface area (Å²) in [5, 5.41) is 0. The first-order valence-electron chi connectivity index (χ1n) is 6.66. The molecule has 0 N–H and O–H groups in total. The molecule has 2 nitrogen and oxygen atoms in total. The van der Waals surface area contributed by atoms with E-state index < -0.39 is 0 Å². The van der Waals surface area contributed by atoms with Crippen molar-refractivity contribution >= 4 is 15.9 Å². The zero-order valence-electron chi connectivity index (χ0n) is 11.4. The molecule has 18 heavy (non-hydrogen) atoms. The first-order chi connectivity index (χ1) is 8.60. The molecule has 0 aromatic heterocycles. The molecule has 1 aliphatic carbocycles. The molecule has 0 bridgehead atoms. The number of ether oxygens (including phenoxy) is 1. The number of rotatable bonds is 6. The van der Waals surface area contributed by atoms with E-state index >= 15 is 0 Å². The summed E-state index contributed by atoms with van der Waals surface area (Å²) >= 11 is 3.64. The van der Waals surface area contributed by atoms with E-state index in [1.54, 1.807) is 7.11 Å². The van der Waals surface area contributed by atoms with Crippen molar-refractivity contribution in [3.05, 3.63) is 28.2 Å². The standard InChI is InChI=1S/C15H22BrNO/c1-11(2)17(9-12-4-5-12)10-13-8-14(18-3)6-7-15(13)16/h6-8,11-12H,4-5,9-10H2,1-3H3. The maximum Gasteiger partial charge on any atom is 0.119 e. The second-order valence-corrected chi connectivity index (χ2v) is 6.28. The predicted octanol–water partition coefficient (Wildman–Crippen LogP) is 4.08. The van der Waals surface area contributed by atoms with E-state index in [-0.39, 0.29) is 0 Å². The molecule has 100 valence electrons. The molecule has 0 spiro atoms. The molecule has 1 aromatic carbocycles. The van der Waals surface area contributed by atoms with Crippen molar-refractivity contribution in [2.75, 3.05) is 13.7 Å². The van der Waals surface area contributed by atoms with Crippen molar-refractivity contribution in [3.8, 4) is 5.75 Å². The summed E-state index contributed by atoms with van der Waals surface area (Å²) in [6.07, 6.45) is 2.81. The second-order valence-electron chi connectivity index (χ2n) is 5.42. The predicted molar refractivity (Wildman–Crippen MR) is 79.0 cm³/mol. The van der Waals surface area contributed by atoms with E-state index in [1.807, 2.05) is 6.07 Å². The van der Waals surface area contributed by atoms with Gasteiger partial charge in [0.2, 0.25) is 0 Å². The van der Waals surface area contributed by atoms with E-state index in [1.165, 1.54) is 29.4 Å². The van der Waals surface area contributed by atoms with Gasteiger partial charge in [0.25, 0.3) is 0 Å². The van der Waals surface area contributed by atoms with Crippen molar-refractivity contribution in [1.29, 1.82) is 0 Å². The summed E-state index contributed by atoms with van der Waals surface area (Å²) < 4.78 is 6.48. The Balaban J connectivity index is 2.08. The molecule has 0 heterocycles. The maximum atomic E-state index is 5.31. The molecule has 1 saturated carbocycles. The van der Waals surface area contributed by atoms with Crippen LogP contribution in [0.15, 0.2) is 22.7 Å². The summed E-state index contributed by atoms with van der Waals surface area (Å²) in [7, 11) is 1.72. The quantitative estimate of drug-likeness (QED) is 0.785. The third-order valence-corrected chi connectivity index (χ3v) is 4.32. The normalized spacial score (nSPS) is 15.4. The molecule has 2 rings (SSSR count). The third kappa shape index (κ3) is 3.72. The molecule has 3 heteroatoms. The zero-order valence-corrected chi connectivity index (χ0v) is 13.0. The van der Waals surface area contributed by atoms with Crippen LogP contribution in [-0.2, 0) is 6.54 Å². The molecule has 0 atom stereocenters. The van der Waals surface area contributed by atoms with Crippen LogP contribution in [0.5, 0.6) is 5.75 Å². The third-order valence-electron chi connectivity index (χ3n) is 3.55. The number of benzene rings is 1. The monoisotopic (exact) mass is 311 g/mol. The van der Waals surface area contributed by atoms with Gasteiger partial charge in [0.05, 0.1) is 7.11 Å². The molecule has 1 aliphatic rings. The van der Waals surface area contributed by atoms with Gasteiger partial charge >= 0.3 is 0 Å². The smallest absolute Gasteiger partial charge is 0.119 e. The summed E-state index contributed by atoms with van der Waals surface area (Å²) in [5.41, 5.74) is 1.31.